The number of ether oxygens (including phenoxy) is 3. The molecule has 1 atom stereocenters. The Kier molecular flexibility index (Phi) is 6.51. The fourth-order valence-electron chi connectivity index (χ4n) is 3.13. The number of methoxy groups -OCH3 is 1. The Bertz CT molecular complexity index is 812. The number of rotatable bonds is 9. The van der Waals surface area contributed by atoms with E-state index in [4.69, 9.17) is 14.2 Å². The van der Waals surface area contributed by atoms with Gasteiger partial charge in [0.1, 0.15) is 5.92 Å². The Morgan fingerprint density at radius 3 is 2.30 bits per heavy atom. The van der Waals surface area contributed by atoms with E-state index in [2.05, 4.69) is 4.98 Å². The molecule has 2 aromatic rings. The fourth-order valence-corrected chi connectivity index (χ4v) is 3.13. The molecule has 0 saturated heterocycles. The number of hydrogen-bond acceptors (Lipinski definition) is 7. The maximum atomic E-state index is 12.8. The van der Waals surface area contributed by atoms with Crippen LogP contribution < -0.4 is 0 Å². The molecule has 0 saturated carbocycles. The number of para-hydroxylation sites is 1. The number of nitrogens with zero attached hydrogens (tertiary/aromatic N) is 1. The lowest BCUT2D eigenvalue weighted by molar-refractivity contribution is -0.486. The number of esters is 2. The van der Waals surface area contributed by atoms with Crippen molar-refractivity contribution in [3.8, 4) is 0 Å². The van der Waals surface area contributed by atoms with Crippen LogP contribution in [0.1, 0.15) is 25.3 Å². The van der Waals surface area contributed by atoms with Gasteiger partial charge in [-0.25, -0.2) is 9.59 Å². The Balaban J connectivity index is 2.72. The molecule has 1 aromatic carbocycles. The monoisotopic (exact) mass is 378 g/mol. The quantitative estimate of drug-likeness (QED) is 0.307. The minimum Gasteiger partial charge on any atom is -0.463 e. The summed E-state index contributed by atoms with van der Waals surface area (Å²) in [5.74, 6) is -3.31. The molecule has 9 nitrogen and oxygen atoms in total. The summed E-state index contributed by atoms with van der Waals surface area (Å²) in [6.07, 6.45) is 1.53. The van der Waals surface area contributed by atoms with Crippen molar-refractivity contribution >= 4 is 22.8 Å². The molecule has 0 spiro atoms. The molecule has 0 aliphatic rings. The van der Waals surface area contributed by atoms with Crippen molar-refractivity contribution in [1.82, 2.24) is 4.98 Å². The lowest BCUT2D eigenvalue weighted by Gasteiger charge is -2.32. The number of hydrogen-bond donors (Lipinski definition) is 1. The number of H-pyrrole nitrogens is 1. The van der Waals surface area contributed by atoms with Gasteiger partial charge in [0, 0.05) is 29.1 Å². The van der Waals surface area contributed by atoms with Gasteiger partial charge in [-0.15, -0.1) is 0 Å². The third-order valence-electron chi connectivity index (χ3n) is 4.30. The van der Waals surface area contributed by atoms with Crippen LogP contribution in [0.3, 0.4) is 0 Å². The Morgan fingerprint density at radius 2 is 1.78 bits per heavy atom. The van der Waals surface area contributed by atoms with E-state index in [0.29, 0.717) is 16.5 Å². The second-order valence-corrected chi connectivity index (χ2v) is 5.74. The summed E-state index contributed by atoms with van der Waals surface area (Å²) in [5.41, 5.74) is -1.20. The maximum Gasteiger partial charge on any atom is 0.351 e. The van der Waals surface area contributed by atoms with Gasteiger partial charge in [0.25, 0.3) is 5.60 Å². The zero-order valence-electron chi connectivity index (χ0n) is 15.4. The van der Waals surface area contributed by atoms with E-state index in [1.165, 1.54) is 6.20 Å². The summed E-state index contributed by atoms with van der Waals surface area (Å²) in [7, 11) is 1.13. The lowest BCUT2D eigenvalue weighted by Crippen LogP contribution is -2.56. The van der Waals surface area contributed by atoms with Crippen LogP contribution in [-0.4, -0.2) is 54.3 Å². The Hall–Kier alpha value is -2.94. The zero-order chi connectivity index (χ0) is 20.0. The molecular formula is C18H22N2O7. The predicted octanol–water partition coefficient (Wildman–Crippen LogP) is 2.04. The van der Waals surface area contributed by atoms with Gasteiger partial charge >= 0.3 is 11.9 Å². The molecule has 0 radical (unpaired) electrons. The van der Waals surface area contributed by atoms with Crippen LogP contribution in [0.2, 0.25) is 0 Å². The molecule has 9 heteroatoms. The highest BCUT2D eigenvalue weighted by Gasteiger charge is 2.59. The van der Waals surface area contributed by atoms with Crippen LogP contribution >= 0.6 is 0 Å². The highest BCUT2D eigenvalue weighted by atomic mass is 16.6. The number of aromatic nitrogens is 1. The van der Waals surface area contributed by atoms with Crippen molar-refractivity contribution in [2.45, 2.75) is 25.4 Å². The number of nitrogens with one attached hydrogen (secondary N) is 1. The normalized spacial score (nSPS) is 12.6. The molecule has 0 amide bonds. The zero-order valence-corrected chi connectivity index (χ0v) is 15.4. The third-order valence-corrected chi connectivity index (χ3v) is 4.30. The molecule has 146 valence electrons. The Morgan fingerprint density at radius 1 is 1.19 bits per heavy atom. The molecule has 0 fully saturated rings. The average Bonchev–Trinajstić information content (AvgIpc) is 3.06. The van der Waals surface area contributed by atoms with Crippen LogP contribution in [0, 0.1) is 10.1 Å². The third kappa shape index (κ3) is 3.77. The van der Waals surface area contributed by atoms with Crippen molar-refractivity contribution in [3.63, 3.8) is 0 Å². The molecule has 27 heavy (non-hydrogen) atoms. The summed E-state index contributed by atoms with van der Waals surface area (Å²) in [6, 6.07) is 7.08. The minimum atomic E-state index is -2.30. The molecule has 1 N–H and O–H groups in total. The Labute approximate surface area is 155 Å². The van der Waals surface area contributed by atoms with Gasteiger partial charge in [-0.1, -0.05) is 18.2 Å². The number of aromatic amines is 1. The first-order valence-corrected chi connectivity index (χ1v) is 8.49. The van der Waals surface area contributed by atoms with Crippen molar-refractivity contribution in [1.29, 1.82) is 0 Å². The van der Waals surface area contributed by atoms with E-state index < -0.39 is 34.9 Å². The molecule has 1 aromatic heterocycles. The molecule has 0 aliphatic heterocycles. The topological polar surface area (TPSA) is 121 Å². The molecule has 1 unspecified atom stereocenters. The summed E-state index contributed by atoms with van der Waals surface area (Å²) >= 11 is 0. The van der Waals surface area contributed by atoms with E-state index in [-0.39, 0.29) is 13.2 Å². The minimum absolute atomic E-state index is 0.0254. The first-order chi connectivity index (χ1) is 12.9. The van der Waals surface area contributed by atoms with Crippen LogP contribution in [0.5, 0.6) is 0 Å². The maximum absolute atomic E-state index is 12.8. The van der Waals surface area contributed by atoms with Gasteiger partial charge in [-0.2, -0.15) is 0 Å². The van der Waals surface area contributed by atoms with E-state index >= 15 is 0 Å². The summed E-state index contributed by atoms with van der Waals surface area (Å²) in [4.78, 5) is 39.4. The van der Waals surface area contributed by atoms with E-state index in [9.17, 15) is 19.7 Å². The predicted molar refractivity (Wildman–Crippen MR) is 95.9 cm³/mol. The highest BCUT2D eigenvalue weighted by molar-refractivity contribution is 6.05. The summed E-state index contributed by atoms with van der Waals surface area (Å²) in [5, 5.41) is 12.0. The first-order valence-electron chi connectivity index (χ1n) is 8.49. The molecule has 0 aliphatic carbocycles. The van der Waals surface area contributed by atoms with Crippen LogP contribution in [0.4, 0.5) is 0 Å². The van der Waals surface area contributed by atoms with Gasteiger partial charge in [0.15, 0.2) is 0 Å². The molecular weight excluding hydrogens is 356 g/mol. The second-order valence-electron chi connectivity index (χ2n) is 5.74. The lowest BCUT2D eigenvalue weighted by atomic mass is 9.81. The van der Waals surface area contributed by atoms with Crippen LogP contribution in [-0.2, 0) is 23.8 Å². The van der Waals surface area contributed by atoms with Crippen molar-refractivity contribution in [2.75, 3.05) is 26.9 Å². The highest BCUT2D eigenvalue weighted by Crippen LogP contribution is 2.38. The number of nitro groups is 1. The number of benzene rings is 1. The van der Waals surface area contributed by atoms with Crippen molar-refractivity contribution < 1.29 is 28.7 Å². The summed E-state index contributed by atoms with van der Waals surface area (Å²) < 4.78 is 15.4. The number of carbonyl (C=O) groups excluding carboxylic acids is 2. The fraction of sp³-hybridized carbons (Fsp3) is 0.444. The number of carbonyl (C=O) groups is 2. The second kappa shape index (κ2) is 8.63. The van der Waals surface area contributed by atoms with Gasteiger partial charge in [0.2, 0.25) is 6.54 Å². The standard InChI is InChI=1S/C18H22N2O7/c1-4-26-16(21)18(25-3,17(22)27-5-2)14(11-20(23)24)13-10-19-15-9-7-6-8-12(13)15/h6-10,14,19H,4-5,11H2,1-3H3. The molecule has 2 rings (SSSR count). The van der Waals surface area contributed by atoms with Crippen LogP contribution in [0.15, 0.2) is 30.5 Å². The van der Waals surface area contributed by atoms with Gasteiger partial charge in [-0.05, 0) is 25.5 Å². The summed E-state index contributed by atoms with van der Waals surface area (Å²) in [6.45, 7) is 2.35. The molecule has 1 heterocycles. The van der Waals surface area contributed by atoms with E-state index in [0.717, 1.165) is 7.11 Å². The van der Waals surface area contributed by atoms with Gasteiger partial charge in [-0.3, -0.25) is 10.1 Å². The van der Waals surface area contributed by atoms with Gasteiger partial charge < -0.3 is 19.2 Å². The largest absolute Gasteiger partial charge is 0.463 e. The van der Waals surface area contributed by atoms with Crippen molar-refractivity contribution in [2.24, 2.45) is 0 Å². The smallest absolute Gasteiger partial charge is 0.351 e. The van der Waals surface area contributed by atoms with E-state index in [1.807, 2.05) is 0 Å². The van der Waals surface area contributed by atoms with Crippen molar-refractivity contribution in [3.05, 3.63) is 46.1 Å². The first kappa shape index (κ1) is 20.4. The molecule has 0 bridgehead atoms. The van der Waals surface area contributed by atoms with E-state index in [1.54, 1.807) is 38.1 Å². The average molecular weight is 378 g/mol. The SMILES string of the molecule is CCOC(=O)C(OC)(C(=O)OCC)C(C[N+](=O)[O-])c1c[nH]c2ccccc12. The van der Waals surface area contributed by atoms with Gasteiger partial charge in [0.05, 0.1) is 13.2 Å². The number of fused-ring (bicyclic) bond motifs is 1. The van der Waals surface area contributed by atoms with Crippen LogP contribution in [0.25, 0.3) is 10.9 Å².